The highest BCUT2D eigenvalue weighted by atomic mass is 35.5. The number of amides is 2. The average molecular weight is 486 g/mol. The summed E-state index contributed by atoms with van der Waals surface area (Å²) in [7, 11) is 1.56. The number of halogens is 2. The zero-order valence-electron chi connectivity index (χ0n) is 19.3. The molecule has 1 aliphatic heterocycles. The molecule has 1 saturated carbocycles. The van der Waals surface area contributed by atoms with Crippen LogP contribution in [-0.4, -0.2) is 54.2 Å². The molecule has 2 aliphatic rings. The molecule has 2 aromatic rings. The molecule has 1 aliphatic carbocycles. The summed E-state index contributed by atoms with van der Waals surface area (Å²) < 4.78 is 19.9. The van der Waals surface area contributed by atoms with Gasteiger partial charge < -0.3 is 9.64 Å². The Balaban J connectivity index is 1.62. The van der Waals surface area contributed by atoms with Crippen molar-refractivity contribution >= 4 is 29.1 Å². The zero-order chi connectivity index (χ0) is 24.1. The maximum Gasteiger partial charge on any atom is 0.262 e. The summed E-state index contributed by atoms with van der Waals surface area (Å²) in [5.74, 6) is -0.857. The van der Waals surface area contributed by atoms with Crippen LogP contribution in [0.15, 0.2) is 53.6 Å². The quantitative estimate of drug-likeness (QED) is 0.538. The van der Waals surface area contributed by atoms with E-state index in [1.165, 1.54) is 11.1 Å². The van der Waals surface area contributed by atoms with Crippen LogP contribution in [0.4, 0.5) is 4.39 Å². The van der Waals surface area contributed by atoms with E-state index < -0.39 is 11.9 Å². The van der Waals surface area contributed by atoms with Gasteiger partial charge in [-0.1, -0.05) is 60.8 Å². The fourth-order valence-electron chi connectivity index (χ4n) is 4.72. The Morgan fingerprint density at radius 2 is 1.85 bits per heavy atom. The van der Waals surface area contributed by atoms with E-state index in [9.17, 15) is 14.0 Å². The van der Waals surface area contributed by atoms with Crippen LogP contribution in [0.1, 0.15) is 49.3 Å². The Bertz CT molecular complexity index is 1070. The normalized spacial score (nSPS) is 18.3. The maximum absolute atomic E-state index is 14.8. The van der Waals surface area contributed by atoms with E-state index in [1.807, 2.05) is 18.2 Å². The van der Waals surface area contributed by atoms with Gasteiger partial charge in [0.25, 0.3) is 5.91 Å². The number of hydrogen-bond acceptors (Lipinski definition) is 4. The monoisotopic (exact) mass is 485 g/mol. The van der Waals surface area contributed by atoms with E-state index >= 15 is 0 Å². The van der Waals surface area contributed by atoms with Crippen LogP contribution in [-0.2, 0) is 14.3 Å². The average Bonchev–Trinajstić information content (AvgIpc) is 3.52. The van der Waals surface area contributed by atoms with Crippen LogP contribution in [0.2, 0.25) is 5.02 Å². The number of carbonyl (C=O) groups is 2. The van der Waals surface area contributed by atoms with E-state index in [0.717, 1.165) is 25.7 Å². The SMILES string of the molecule is COCCN(CC(=O)N1N=C(c2ccccc2Cl)C[C@@H]1c1ccccc1F)C(=O)C1CCCC1. The first-order chi connectivity index (χ1) is 16.5. The van der Waals surface area contributed by atoms with Gasteiger partial charge in [-0.05, 0) is 25.0 Å². The summed E-state index contributed by atoms with van der Waals surface area (Å²) in [6.07, 6.45) is 4.05. The molecule has 8 heteroatoms. The third-order valence-electron chi connectivity index (χ3n) is 6.52. The molecule has 0 unspecified atom stereocenters. The number of ether oxygens (including phenoxy) is 1. The predicted octanol–water partition coefficient (Wildman–Crippen LogP) is 4.82. The molecule has 2 aromatic carbocycles. The highest BCUT2D eigenvalue weighted by Gasteiger charge is 2.37. The third kappa shape index (κ3) is 5.31. The number of carbonyl (C=O) groups excluding carboxylic acids is 2. The first kappa shape index (κ1) is 24.4. The van der Waals surface area contributed by atoms with Crippen molar-refractivity contribution in [3.05, 3.63) is 70.5 Å². The minimum absolute atomic E-state index is 0.0279. The van der Waals surface area contributed by atoms with Gasteiger partial charge in [-0.15, -0.1) is 0 Å². The van der Waals surface area contributed by atoms with Crippen molar-refractivity contribution in [1.82, 2.24) is 9.91 Å². The molecular weight excluding hydrogens is 457 g/mol. The van der Waals surface area contributed by atoms with Crippen LogP contribution in [0.3, 0.4) is 0 Å². The second-order valence-electron chi connectivity index (χ2n) is 8.74. The lowest BCUT2D eigenvalue weighted by Gasteiger charge is -2.28. The fourth-order valence-corrected chi connectivity index (χ4v) is 4.97. The number of hydrazone groups is 1. The lowest BCUT2D eigenvalue weighted by Crippen LogP contribution is -2.44. The van der Waals surface area contributed by atoms with Gasteiger partial charge in [0.15, 0.2) is 0 Å². The number of benzene rings is 2. The Morgan fingerprint density at radius 3 is 2.56 bits per heavy atom. The second-order valence-corrected chi connectivity index (χ2v) is 9.15. The van der Waals surface area contributed by atoms with E-state index in [-0.39, 0.29) is 24.3 Å². The number of hydrogen-bond donors (Lipinski definition) is 0. The summed E-state index contributed by atoms with van der Waals surface area (Å²) in [5, 5.41) is 6.42. The van der Waals surface area contributed by atoms with Crippen molar-refractivity contribution in [3.8, 4) is 0 Å². The number of nitrogens with zero attached hydrogens (tertiary/aromatic N) is 3. The third-order valence-corrected chi connectivity index (χ3v) is 6.85. The minimum Gasteiger partial charge on any atom is -0.383 e. The molecular formula is C26H29ClFN3O3. The number of methoxy groups -OCH3 is 1. The van der Waals surface area contributed by atoms with Crippen molar-refractivity contribution in [3.63, 3.8) is 0 Å². The molecule has 0 radical (unpaired) electrons. The van der Waals surface area contributed by atoms with Crippen molar-refractivity contribution in [1.29, 1.82) is 0 Å². The Labute approximate surface area is 204 Å². The lowest BCUT2D eigenvalue weighted by atomic mass is 9.98. The second kappa shape index (κ2) is 11.1. The molecule has 1 atom stereocenters. The van der Waals surface area contributed by atoms with Crippen LogP contribution >= 0.6 is 11.6 Å². The van der Waals surface area contributed by atoms with Gasteiger partial charge in [-0.3, -0.25) is 9.59 Å². The zero-order valence-corrected chi connectivity index (χ0v) is 20.0. The fraction of sp³-hybridized carbons (Fsp3) is 0.423. The van der Waals surface area contributed by atoms with Crippen molar-refractivity contribution in [2.45, 2.75) is 38.1 Å². The highest BCUT2D eigenvalue weighted by molar-refractivity contribution is 6.34. The first-order valence-electron chi connectivity index (χ1n) is 11.7. The molecule has 0 saturated heterocycles. The van der Waals surface area contributed by atoms with Gasteiger partial charge in [0, 0.05) is 42.1 Å². The molecule has 4 rings (SSSR count). The van der Waals surface area contributed by atoms with Crippen molar-refractivity contribution in [2.75, 3.05) is 26.8 Å². The Hall–Kier alpha value is -2.77. The lowest BCUT2D eigenvalue weighted by molar-refractivity contribution is -0.144. The molecule has 0 spiro atoms. The van der Waals surface area contributed by atoms with Gasteiger partial charge in [0.2, 0.25) is 5.91 Å². The highest BCUT2D eigenvalue weighted by Crippen LogP contribution is 2.36. The van der Waals surface area contributed by atoms with Crippen molar-refractivity contribution in [2.24, 2.45) is 11.0 Å². The standard InChI is InChI=1S/C26H29ClFN3O3/c1-34-15-14-30(26(33)18-8-2-3-9-18)17-25(32)31-24(20-11-5-7-13-22(20)28)16-23(29-31)19-10-4-6-12-21(19)27/h4-7,10-13,18,24H,2-3,8-9,14-17H2,1H3/t24-/m1/s1. The predicted molar refractivity (Wildman–Crippen MR) is 129 cm³/mol. The molecule has 1 fully saturated rings. The maximum atomic E-state index is 14.8. The van der Waals surface area contributed by atoms with Crippen LogP contribution in [0, 0.1) is 11.7 Å². The summed E-state index contributed by atoms with van der Waals surface area (Å²) in [4.78, 5) is 28.2. The minimum atomic E-state index is -0.620. The Kier molecular flexibility index (Phi) is 7.95. The van der Waals surface area contributed by atoms with Gasteiger partial charge in [0.1, 0.15) is 12.4 Å². The smallest absolute Gasteiger partial charge is 0.262 e. The topological polar surface area (TPSA) is 62.2 Å². The molecule has 0 bridgehead atoms. The number of rotatable bonds is 8. The van der Waals surface area contributed by atoms with Crippen LogP contribution < -0.4 is 0 Å². The summed E-state index contributed by atoms with van der Waals surface area (Å²) in [5.41, 5.74) is 1.70. The van der Waals surface area contributed by atoms with E-state index in [1.54, 1.807) is 36.3 Å². The van der Waals surface area contributed by atoms with Crippen LogP contribution in [0.5, 0.6) is 0 Å². The van der Waals surface area contributed by atoms with Gasteiger partial charge in [-0.2, -0.15) is 5.10 Å². The molecule has 0 aromatic heterocycles. The molecule has 1 heterocycles. The van der Waals surface area contributed by atoms with Crippen LogP contribution in [0.25, 0.3) is 0 Å². The molecule has 6 nitrogen and oxygen atoms in total. The van der Waals surface area contributed by atoms with Gasteiger partial charge in [0.05, 0.1) is 18.4 Å². The molecule has 180 valence electrons. The first-order valence-corrected chi connectivity index (χ1v) is 12.0. The molecule has 34 heavy (non-hydrogen) atoms. The van der Waals surface area contributed by atoms with E-state index in [4.69, 9.17) is 16.3 Å². The van der Waals surface area contributed by atoms with E-state index in [0.29, 0.717) is 41.4 Å². The van der Waals surface area contributed by atoms with Crippen molar-refractivity contribution < 1.29 is 18.7 Å². The molecule has 2 amide bonds. The van der Waals surface area contributed by atoms with Gasteiger partial charge >= 0.3 is 0 Å². The molecule has 0 N–H and O–H groups in total. The Morgan fingerprint density at radius 1 is 1.15 bits per heavy atom. The summed E-state index contributed by atoms with van der Waals surface area (Å²) in [6, 6.07) is 13.0. The summed E-state index contributed by atoms with van der Waals surface area (Å²) >= 11 is 6.39. The van der Waals surface area contributed by atoms with E-state index in [2.05, 4.69) is 5.10 Å². The van der Waals surface area contributed by atoms with Gasteiger partial charge in [-0.25, -0.2) is 9.40 Å². The summed E-state index contributed by atoms with van der Waals surface area (Å²) in [6.45, 7) is 0.510. The largest absolute Gasteiger partial charge is 0.383 e.